The summed E-state index contributed by atoms with van der Waals surface area (Å²) >= 11 is 0. The lowest BCUT2D eigenvalue weighted by atomic mass is 10.2. The smallest absolute Gasteiger partial charge is 0.255 e. The minimum atomic E-state index is 0.0533. The number of methoxy groups -OCH3 is 1. The van der Waals surface area contributed by atoms with Crippen LogP contribution in [0.4, 0.5) is 5.69 Å². The summed E-state index contributed by atoms with van der Waals surface area (Å²) in [6.07, 6.45) is 8.65. The van der Waals surface area contributed by atoms with Crippen molar-refractivity contribution < 1.29 is 9.53 Å². The summed E-state index contributed by atoms with van der Waals surface area (Å²) in [6, 6.07) is 12.2. The Morgan fingerprint density at radius 3 is 2.72 bits per heavy atom. The summed E-state index contributed by atoms with van der Waals surface area (Å²) in [7, 11) is 1.69. The van der Waals surface area contributed by atoms with Crippen LogP contribution in [0.1, 0.15) is 22.3 Å². The lowest BCUT2D eigenvalue weighted by molar-refractivity contribution is 0.0650. The second kappa shape index (κ2) is 11.3. The van der Waals surface area contributed by atoms with Crippen LogP contribution in [0.15, 0.2) is 54.9 Å². The van der Waals surface area contributed by atoms with E-state index >= 15 is 0 Å². The molecule has 3 rings (SSSR count). The molecule has 1 saturated heterocycles. The maximum atomic E-state index is 12.8. The molecule has 6 nitrogen and oxygen atoms in total. The Kier molecular flexibility index (Phi) is 8.22. The van der Waals surface area contributed by atoms with Crippen molar-refractivity contribution in [3.63, 3.8) is 0 Å². The van der Waals surface area contributed by atoms with Gasteiger partial charge in [-0.1, -0.05) is 42.5 Å². The summed E-state index contributed by atoms with van der Waals surface area (Å²) in [4.78, 5) is 21.4. The quantitative estimate of drug-likeness (QED) is 0.663. The van der Waals surface area contributed by atoms with Crippen molar-refractivity contribution in [1.29, 1.82) is 0 Å². The van der Waals surface area contributed by atoms with Crippen molar-refractivity contribution >= 4 is 17.7 Å². The van der Waals surface area contributed by atoms with Crippen LogP contribution in [0.5, 0.6) is 0 Å². The number of pyridine rings is 1. The van der Waals surface area contributed by atoms with Crippen LogP contribution in [-0.2, 0) is 4.74 Å². The molecule has 0 bridgehead atoms. The molecule has 1 fully saturated rings. The lowest BCUT2D eigenvalue weighted by Crippen LogP contribution is -2.48. The second-order valence-electron chi connectivity index (χ2n) is 7.14. The number of piperazine rings is 1. The molecule has 0 radical (unpaired) electrons. The number of benzene rings is 1. The third-order valence-electron chi connectivity index (χ3n) is 4.97. The molecule has 1 N–H and O–H groups in total. The predicted octanol–water partition coefficient (Wildman–Crippen LogP) is 3.00. The van der Waals surface area contributed by atoms with E-state index in [1.165, 1.54) is 5.56 Å². The predicted molar refractivity (Wildman–Crippen MR) is 117 cm³/mol. The fraction of sp³-hybridized carbons (Fsp3) is 0.391. The van der Waals surface area contributed by atoms with E-state index < -0.39 is 0 Å². The first kappa shape index (κ1) is 21.0. The molecule has 1 aliphatic rings. The zero-order chi connectivity index (χ0) is 20.3. The second-order valence-corrected chi connectivity index (χ2v) is 7.14. The van der Waals surface area contributed by atoms with Crippen molar-refractivity contribution in [2.45, 2.75) is 6.42 Å². The van der Waals surface area contributed by atoms with Crippen LogP contribution < -0.4 is 5.32 Å². The number of hydrogen-bond donors (Lipinski definition) is 1. The molecule has 6 heteroatoms. The summed E-state index contributed by atoms with van der Waals surface area (Å²) in [6.45, 7) is 5.65. The number of carbonyl (C=O) groups is 1. The molecular formula is C23H30N4O2. The molecule has 2 heterocycles. The molecule has 0 saturated carbocycles. The maximum Gasteiger partial charge on any atom is 0.255 e. The fourth-order valence-corrected chi connectivity index (χ4v) is 3.32. The highest BCUT2D eigenvalue weighted by Crippen LogP contribution is 2.13. The Morgan fingerprint density at radius 2 is 1.97 bits per heavy atom. The number of anilines is 1. The molecule has 0 unspecified atom stereocenters. The average molecular weight is 395 g/mol. The van der Waals surface area contributed by atoms with E-state index in [0.29, 0.717) is 12.2 Å². The van der Waals surface area contributed by atoms with Crippen LogP contribution in [0.3, 0.4) is 0 Å². The standard InChI is InChI=1S/C23H30N4O2/c1-29-16-6-10-25-22-17-21(18-24-19-22)23(28)27-14-12-26(13-15-27)11-5-9-20-7-3-2-4-8-20/h2-5,7-9,17-19,25H,6,10-16H2,1H3/b9-5+. The summed E-state index contributed by atoms with van der Waals surface area (Å²) < 4.78 is 5.05. The van der Waals surface area contributed by atoms with Crippen LogP contribution >= 0.6 is 0 Å². The van der Waals surface area contributed by atoms with E-state index in [0.717, 1.165) is 51.4 Å². The van der Waals surface area contributed by atoms with Gasteiger partial charge in [0, 0.05) is 65.4 Å². The monoisotopic (exact) mass is 394 g/mol. The van der Waals surface area contributed by atoms with Gasteiger partial charge in [0.05, 0.1) is 11.3 Å². The zero-order valence-corrected chi connectivity index (χ0v) is 17.1. The molecule has 0 aliphatic carbocycles. The van der Waals surface area contributed by atoms with Crippen molar-refractivity contribution in [3.05, 3.63) is 66.0 Å². The van der Waals surface area contributed by atoms with Gasteiger partial charge >= 0.3 is 0 Å². The first-order chi connectivity index (χ1) is 14.3. The Balaban J connectivity index is 1.45. The molecule has 154 valence electrons. The molecule has 1 aliphatic heterocycles. The molecule has 0 spiro atoms. The molecule has 1 aromatic heterocycles. The highest BCUT2D eigenvalue weighted by atomic mass is 16.5. The highest BCUT2D eigenvalue weighted by molar-refractivity contribution is 5.94. The first-order valence-corrected chi connectivity index (χ1v) is 10.2. The number of aromatic nitrogens is 1. The highest BCUT2D eigenvalue weighted by Gasteiger charge is 2.22. The number of hydrogen-bond acceptors (Lipinski definition) is 5. The van der Waals surface area contributed by atoms with E-state index in [1.807, 2.05) is 29.2 Å². The number of nitrogens with zero attached hydrogens (tertiary/aromatic N) is 3. The average Bonchev–Trinajstić information content (AvgIpc) is 2.78. The largest absolute Gasteiger partial charge is 0.385 e. The van der Waals surface area contributed by atoms with Crippen LogP contribution in [0.2, 0.25) is 0 Å². The normalized spacial score (nSPS) is 15.0. The Morgan fingerprint density at radius 1 is 1.17 bits per heavy atom. The SMILES string of the molecule is COCCCNc1cncc(C(=O)N2CCN(C/C=C/c3ccccc3)CC2)c1. The van der Waals surface area contributed by atoms with E-state index in [4.69, 9.17) is 4.74 Å². The number of amides is 1. The van der Waals surface area contributed by atoms with Gasteiger partial charge in [0.1, 0.15) is 0 Å². The van der Waals surface area contributed by atoms with E-state index in [9.17, 15) is 4.79 Å². The first-order valence-electron chi connectivity index (χ1n) is 10.2. The summed E-state index contributed by atoms with van der Waals surface area (Å²) in [5, 5.41) is 3.29. The molecule has 1 amide bonds. The summed E-state index contributed by atoms with van der Waals surface area (Å²) in [5.74, 6) is 0.0533. The molecular weight excluding hydrogens is 364 g/mol. The van der Waals surface area contributed by atoms with Gasteiger partial charge in [0.15, 0.2) is 0 Å². The number of nitrogens with one attached hydrogen (secondary N) is 1. The fourth-order valence-electron chi connectivity index (χ4n) is 3.32. The van der Waals surface area contributed by atoms with Gasteiger partial charge in [-0.15, -0.1) is 0 Å². The van der Waals surface area contributed by atoms with Crippen LogP contribution in [-0.4, -0.2) is 73.7 Å². The Labute approximate surface area is 173 Å². The van der Waals surface area contributed by atoms with Gasteiger partial charge in [-0.2, -0.15) is 0 Å². The van der Waals surface area contributed by atoms with E-state index in [1.54, 1.807) is 19.5 Å². The minimum absolute atomic E-state index is 0.0533. The molecule has 29 heavy (non-hydrogen) atoms. The number of carbonyl (C=O) groups excluding carboxylic acids is 1. The third kappa shape index (κ3) is 6.69. The van der Waals surface area contributed by atoms with Crippen molar-refractivity contribution in [2.75, 3.05) is 58.3 Å². The van der Waals surface area contributed by atoms with Gasteiger partial charge in [-0.25, -0.2) is 0 Å². The molecule has 2 aromatic rings. The maximum absolute atomic E-state index is 12.8. The van der Waals surface area contributed by atoms with Gasteiger partial charge in [-0.05, 0) is 18.1 Å². The zero-order valence-electron chi connectivity index (χ0n) is 17.1. The number of ether oxygens (including phenoxy) is 1. The van der Waals surface area contributed by atoms with E-state index in [-0.39, 0.29) is 5.91 Å². The van der Waals surface area contributed by atoms with Crippen LogP contribution in [0.25, 0.3) is 6.08 Å². The minimum Gasteiger partial charge on any atom is -0.385 e. The Bertz CT molecular complexity index is 786. The van der Waals surface area contributed by atoms with E-state index in [2.05, 4.69) is 39.5 Å². The molecule has 1 aromatic carbocycles. The van der Waals surface area contributed by atoms with Crippen molar-refractivity contribution in [2.24, 2.45) is 0 Å². The van der Waals surface area contributed by atoms with Gasteiger partial charge in [-0.3, -0.25) is 14.7 Å². The van der Waals surface area contributed by atoms with Crippen molar-refractivity contribution in [1.82, 2.24) is 14.8 Å². The number of rotatable bonds is 9. The third-order valence-corrected chi connectivity index (χ3v) is 4.97. The topological polar surface area (TPSA) is 57.7 Å². The molecule has 0 atom stereocenters. The summed E-state index contributed by atoms with van der Waals surface area (Å²) in [5.41, 5.74) is 2.72. The van der Waals surface area contributed by atoms with Crippen molar-refractivity contribution in [3.8, 4) is 0 Å². The Hall–Kier alpha value is -2.70. The van der Waals surface area contributed by atoms with Gasteiger partial charge in [0.2, 0.25) is 0 Å². The van der Waals surface area contributed by atoms with Gasteiger partial charge < -0.3 is 15.0 Å². The van der Waals surface area contributed by atoms with Crippen LogP contribution in [0, 0.1) is 0 Å². The lowest BCUT2D eigenvalue weighted by Gasteiger charge is -2.34. The van der Waals surface area contributed by atoms with Gasteiger partial charge in [0.25, 0.3) is 5.91 Å².